The van der Waals surface area contributed by atoms with Gasteiger partial charge < -0.3 is 5.11 Å². The summed E-state index contributed by atoms with van der Waals surface area (Å²) in [6.07, 6.45) is 1.10. The summed E-state index contributed by atoms with van der Waals surface area (Å²) in [5, 5.41) is 13.0. The van der Waals surface area contributed by atoms with Gasteiger partial charge in [0.15, 0.2) is 0 Å². The molecule has 11 heavy (non-hydrogen) atoms. The van der Waals surface area contributed by atoms with Gasteiger partial charge in [-0.1, -0.05) is 6.92 Å². The van der Waals surface area contributed by atoms with E-state index in [-0.39, 0.29) is 6.61 Å². The average Bonchev–Trinajstić information content (AvgIpc) is 2.43. The van der Waals surface area contributed by atoms with Crippen LogP contribution in [0.2, 0.25) is 0 Å². The van der Waals surface area contributed by atoms with E-state index in [2.05, 4.69) is 12.0 Å². The summed E-state index contributed by atoms with van der Waals surface area (Å²) in [5.74, 6) is 0.713. The van der Waals surface area contributed by atoms with Crippen molar-refractivity contribution in [3.63, 3.8) is 0 Å². The van der Waals surface area contributed by atoms with Crippen LogP contribution in [-0.2, 0) is 19.6 Å². The molecule has 0 aromatic carbocycles. The van der Waals surface area contributed by atoms with E-state index in [0.717, 1.165) is 18.7 Å². The zero-order valence-electron chi connectivity index (χ0n) is 6.62. The Morgan fingerprint density at radius 3 is 3.27 bits per heavy atom. The highest BCUT2D eigenvalue weighted by atomic mass is 16.3. The lowest BCUT2D eigenvalue weighted by Gasteiger charge is -1.96. The highest BCUT2D eigenvalue weighted by molar-refractivity contribution is 5.13. The van der Waals surface area contributed by atoms with Crippen molar-refractivity contribution in [2.24, 2.45) is 5.92 Å². The first-order valence-corrected chi connectivity index (χ1v) is 3.96. The third-order valence-corrected chi connectivity index (χ3v) is 2.12. The van der Waals surface area contributed by atoms with Crippen LogP contribution in [0.3, 0.4) is 0 Å². The minimum atomic E-state index is 0.0639. The Labute approximate surface area is 65.7 Å². The monoisotopic (exact) mass is 152 g/mol. The largest absolute Gasteiger partial charge is 0.390 e. The first kappa shape index (κ1) is 6.85. The van der Waals surface area contributed by atoms with Gasteiger partial charge in [0.2, 0.25) is 0 Å². The molecule has 1 aliphatic rings. The van der Waals surface area contributed by atoms with Crippen molar-refractivity contribution in [1.29, 1.82) is 0 Å². The lowest BCUT2D eigenvalue weighted by atomic mass is 10.1. The van der Waals surface area contributed by atoms with Crippen molar-refractivity contribution >= 4 is 0 Å². The molecule has 3 nitrogen and oxygen atoms in total. The average molecular weight is 152 g/mol. The fourth-order valence-corrected chi connectivity index (χ4v) is 1.63. The first-order valence-electron chi connectivity index (χ1n) is 3.96. The van der Waals surface area contributed by atoms with Gasteiger partial charge in [-0.05, 0) is 18.4 Å². The number of hydrogen-bond donors (Lipinski definition) is 1. The Bertz CT molecular complexity index is 244. The number of fused-ring (bicyclic) bond motifs is 1. The van der Waals surface area contributed by atoms with Crippen molar-refractivity contribution in [3.8, 4) is 0 Å². The minimum Gasteiger partial charge on any atom is -0.390 e. The van der Waals surface area contributed by atoms with E-state index in [4.69, 9.17) is 5.11 Å². The van der Waals surface area contributed by atoms with E-state index < -0.39 is 0 Å². The molecule has 0 fully saturated rings. The normalized spacial score (nSPS) is 22.2. The lowest BCUT2D eigenvalue weighted by molar-refractivity contribution is 0.274. The molecule has 60 valence electrons. The van der Waals surface area contributed by atoms with Gasteiger partial charge in [0.25, 0.3) is 0 Å². The molecule has 2 heterocycles. The summed E-state index contributed by atoms with van der Waals surface area (Å²) in [4.78, 5) is 0. The molecule has 0 saturated heterocycles. The van der Waals surface area contributed by atoms with Gasteiger partial charge in [0, 0.05) is 12.2 Å². The Morgan fingerprint density at radius 1 is 1.82 bits per heavy atom. The maximum atomic E-state index is 8.79. The molecule has 0 saturated carbocycles. The van der Waals surface area contributed by atoms with E-state index in [1.165, 1.54) is 5.69 Å². The van der Waals surface area contributed by atoms with E-state index in [0.29, 0.717) is 5.92 Å². The number of aliphatic hydroxyl groups is 1. The van der Waals surface area contributed by atoms with E-state index in [1.807, 2.05) is 10.7 Å². The summed E-state index contributed by atoms with van der Waals surface area (Å²) in [6.45, 7) is 3.29. The van der Waals surface area contributed by atoms with Crippen molar-refractivity contribution in [2.45, 2.75) is 26.5 Å². The zero-order valence-corrected chi connectivity index (χ0v) is 6.62. The van der Waals surface area contributed by atoms with Crippen LogP contribution in [0.4, 0.5) is 0 Å². The molecule has 0 aliphatic carbocycles. The predicted octanol–water partition coefficient (Wildman–Crippen LogP) is 0.568. The molecule has 0 amide bonds. The van der Waals surface area contributed by atoms with Crippen LogP contribution in [0.1, 0.15) is 18.3 Å². The molecule has 1 N–H and O–H groups in total. The number of aliphatic hydroxyl groups excluding tert-OH is 1. The molecule has 1 unspecified atom stereocenters. The van der Waals surface area contributed by atoms with Crippen molar-refractivity contribution in [2.75, 3.05) is 0 Å². The van der Waals surface area contributed by atoms with E-state index in [9.17, 15) is 0 Å². The summed E-state index contributed by atoms with van der Waals surface area (Å²) < 4.78 is 2.00. The molecular formula is C8H12N2O. The Hall–Kier alpha value is -0.830. The molecule has 2 rings (SSSR count). The van der Waals surface area contributed by atoms with E-state index in [1.54, 1.807) is 0 Å². The van der Waals surface area contributed by atoms with Crippen LogP contribution in [0.5, 0.6) is 0 Å². The molecule has 1 aromatic heterocycles. The first-order chi connectivity index (χ1) is 5.29. The van der Waals surface area contributed by atoms with Gasteiger partial charge in [0.1, 0.15) is 0 Å². The topological polar surface area (TPSA) is 38.1 Å². The van der Waals surface area contributed by atoms with Gasteiger partial charge in [-0.2, -0.15) is 5.10 Å². The van der Waals surface area contributed by atoms with Crippen LogP contribution in [-0.4, -0.2) is 14.9 Å². The second-order valence-corrected chi connectivity index (χ2v) is 3.28. The zero-order chi connectivity index (χ0) is 7.84. The van der Waals surface area contributed by atoms with Crippen LogP contribution in [0.25, 0.3) is 0 Å². The second kappa shape index (κ2) is 2.34. The third kappa shape index (κ3) is 1.05. The molecule has 1 aromatic rings. The third-order valence-electron chi connectivity index (χ3n) is 2.12. The van der Waals surface area contributed by atoms with Crippen molar-refractivity contribution in [1.82, 2.24) is 9.78 Å². The Balaban J connectivity index is 2.29. The van der Waals surface area contributed by atoms with E-state index >= 15 is 0 Å². The van der Waals surface area contributed by atoms with Gasteiger partial charge in [-0.25, -0.2) is 0 Å². The Kier molecular flexibility index (Phi) is 1.46. The van der Waals surface area contributed by atoms with Crippen molar-refractivity contribution in [3.05, 3.63) is 17.5 Å². The summed E-state index contributed by atoms with van der Waals surface area (Å²) >= 11 is 0. The number of hydrogen-bond acceptors (Lipinski definition) is 2. The second-order valence-electron chi connectivity index (χ2n) is 3.28. The fourth-order valence-electron chi connectivity index (χ4n) is 1.63. The van der Waals surface area contributed by atoms with Gasteiger partial charge >= 0.3 is 0 Å². The summed E-state index contributed by atoms with van der Waals surface area (Å²) in [5.41, 5.74) is 2.06. The maximum absolute atomic E-state index is 8.79. The quantitative estimate of drug-likeness (QED) is 0.638. The minimum absolute atomic E-state index is 0.0639. The number of aromatic nitrogens is 2. The van der Waals surface area contributed by atoms with Gasteiger partial charge in [0.05, 0.1) is 12.3 Å². The molecule has 3 heteroatoms. The summed E-state index contributed by atoms with van der Waals surface area (Å²) in [7, 11) is 0. The number of nitrogens with zero attached hydrogens (tertiary/aromatic N) is 2. The molecule has 0 spiro atoms. The Morgan fingerprint density at radius 2 is 2.64 bits per heavy atom. The van der Waals surface area contributed by atoms with Crippen molar-refractivity contribution < 1.29 is 5.11 Å². The molecule has 0 bridgehead atoms. The maximum Gasteiger partial charge on any atom is 0.0881 e. The number of rotatable bonds is 1. The predicted molar refractivity (Wildman–Crippen MR) is 41.0 cm³/mol. The van der Waals surface area contributed by atoms with Gasteiger partial charge in [-0.15, -0.1) is 0 Å². The van der Waals surface area contributed by atoms with Crippen LogP contribution < -0.4 is 0 Å². The van der Waals surface area contributed by atoms with Crippen LogP contribution in [0.15, 0.2) is 6.07 Å². The smallest absolute Gasteiger partial charge is 0.0881 e. The molecule has 0 radical (unpaired) electrons. The SMILES string of the molecule is CC1Cc2cc(CO)nn2C1. The molecular weight excluding hydrogens is 140 g/mol. The molecule has 1 aliphatic heterocycles. The highest BCUT2D eigenvalue weighted by Crippen LogP contribution is 2.19. The van der Waals surface area contributed by atoms with Crippen LogP contribution in [0, 0.1) is 5.92 Å². The lowest BCUT2D eigenvalue weighted by Crippen LogP contribution is -2.00. The van der Waals surface area contributed by atoms with Crippen LogP contribution >= 0.6 is 0 Å². The highest BCUT2D eigenvalue weighted by Gasteiger charge is 2.18. The standard InChI is InChI=1S/C8H12N2O/c1-6-2-8-3-7(5-11)9-10(8)4-6/h3,6,11H,2,4-5H2,1H3. The molecule has 1 atom stereocenters. The fraction of sp³-hybridized carbons (Fsp3) is 0.625. The summed E-state index contributed by atoms with van der Waals surface area (Å²) in [6, 6.07) is 1.99. The van der Waals surface area contributed by atoms with Gasteiger partial charge in [-0.3, -0.25) is 4.68 Å².